The molecule has 2 N–H and O–H groups in total. The predicted molar refractivity (Wildman–Crippen MR) is 108 cm³/mol. The molecular weight excluding hydrogens is 342 g/mol. The number of H-pyrrole nitrogens is 1. The summed E-state index contributed by atoms with van der Waals surface area (Å²) in [5.74, 6) is 0.889. The third kappa shape index (κ3) is 4.10. The molecule has 1 heterocycles. The number of imidazole rings is 1. The molecule has 4 nitrogen and oxygen atoms in total. The zero-order valence-electron chi connectivity index (χ0n) is 14.7. The van der Waals surface area contributed by atoms with Gasteiger partial charge in [-0.15, -0.1) is 11.8 Å². The van der Waals surface area contributed by atoms with Crippen molar-refractivity contribution >= 4 is 34.4 Å². The van der Waals surface area contributed by atoms with E-state index in [4.69, 9.17) is 0 Å². The van der Waals surface area contributed by atoms with Crippen LogP contribution >= 0.6 is 11.8 Å². The smallest absolute Gasteiger partial charge is 0.224 e. The number of nitrogens with zero attached hydrogens (tertiary/aromatic N) is 1. The van der Waals surface area contributed by atoms with Gasteiger partial charge in [0.1, 0.15) is 5.82 Å². The van der Waals surface area contributed by atoms with Crippen molar-refractivity contribution in [3.05, 3.63) is 54.4 Å². The van der Waals surface area contributed by atoms with E-state index in [1.54, 1.807) is 0 Å². The molecule has 0 bridgehead atoms. The molecule has 1 aromatic heterocycles. The molecular formula is C21H23N3OS. The fourth-order valence-electron chi connectivity index (χ4n) is 3.43. The second-order valence-corrected chi connectivity index (χ2v) is 8.11. The van der Waals surface area contributed by atoms with Crippen molar-refractivity contribution in [2.75, 3.05) is 5.32 Å². The van der Waals surface area contributed by atoms with Gasteiger partial charge in [0.05, 0.1) is 16.7 Å². The Morgan fingerprint density at radius 1 is 1.12 bits per heavy atom. The number of rotatable bonds is 6. The first kappa shape index (κ1) is 17.2. The summed E-state index contributed by atoms with van der Waals surface area (Å²) in [5.41, 5.74) is 2.89. The molecule has 0 spiro atoms. The normalized spacial score (nSPS) is 14.8. The number of amides is 1. The van der Waals surface area contributed by atoms with Crippen molar-refractivity contribution in [2.45, 2.75) is 48.7 Å². The summed E-state index contributed by atoms with van der Waals surface area (Å²) < 4.78 is 0. The maximum Gasteiger partial charge on any atom is 0.224 e. The lowest BCUT2D eigenvalue weighted by Crippen LogP contribution is -2.13. The van der Waals surface area contributed by atoms with E-state index in [2.05, 4.69) is 21.4 Å². The summed E-state index contributed by atoms with van der Waals surface area (Å²) in [5, 5.41) is 3.77. The first-order chi connectivity index (χ1) is 12.8. The fraction of sp³-hybridized carbons (Fsp3) is 0.333. The van der Waals surface area contributed by atoms with Crippen LogP contribution in [0.2, 0.25) is 0 Å². The second kappa shape index (κ2) is 7.96. The van der Waals surface area contributed by atoms with E-state index in [0.717, 1.165) is 22.5 Å². The summed E-state index contributed by atoms with van der Waals surface area (Å²) in [6, 6.07) is 16.1. The highest BCUT2D eigenvalue weighted by molar-refractivity contribution is 8.00. The van der Waals surface area contributed by atoms with Crippen LogP contribution in [-0.4, -0.2) is 21.1 Å². The Kier molecular flexibility index (Phi) is 5.25. The Morgan fingerprint density at radius 3 is 2.73 bits per heavy atom. The number of para-hydroxylation sites is 3. The van der Waals surface area contributed by atoms with Gasteiger partial charge in [0, 0.05) is 23.0 Å². The van der Waals surface area contributed by atoms with E-state index in [-0.39, 0.29) is 5.91 Å². The molecule has 4 rings (SSSR count). The SMILES string of the molecule is O=C(CCc1nc2ccccc2[nH]1)Nc1ccccc1SC1CCCC1. The molecule has 2 aromatic carbocycles. The van der Waals surface area contributed by atoms with Crippen molar-refractivity contribution in [3.8, 4) is 0 Å². The minimum absolute atomic E-state index is 0.0323. The molecule has 0 unspecified atom stereocenters. The van der Waals surface area contributed by atoms with E-state index >= 15 is 0 Å². The average molecular weight is 366 g/mol. The van der Waals surface area contributed by atoms with Crippen LogP contribution in [0.1, 0.15) is 37.9 Å². The highest BCUT2D eigenvalue weighted by Gasteiger charge is 2.18. The van der Waals surface area contributed by atoms with Crippen molar-refractivity contribution < 1.29 is 4.79 Å². The molecule has 0 aliphatic heterocycles. The fourth-order valence-corrected chi connectivity index (χ4v) is 4.76. The topological polar surface area (TPSA) is 57.8 Å². The first-order valence-electron chi connectivity index (χ1n) is 9.27. The van der Waals surface area contributed by atoms with Crippen molar-refractivity contribution in [1.82, 2.24) is 9.97 Å². The lowest BCUT2D eigenvalue weighted by atomic mass is 10.2. The zero-order chi connectivity index (χ0) is 17.8. The quantitative estimate of drug-likeness (QED) is 0.634. The van der Waals surface area contributed by atoms with E-state index < -0.39 is 0 Å². The number of hydrogen-bond donors (Lipinski definition) is 2. The monoisotopic (exact) mass is 365 g/mol. The summed E-state index contributed by atoms with van der Waals surface area (Å²) in [6.45, 7) is 0. The van der Waals surface area contributed by atoms with Crippen molar-refractivity contribution in [3.63, 3.8) is 0 Å². The Balaban J connectivity index is 1.37. The Hall–Kier alpha value is -2.27. The van der Waals surface area contributed by atoms with E-state index in [9.17, 15) is 4.79 Å². The highest BCUT2D eigenvalue weighted by Crippen LogP contribution is 2.38. The summed E-state index contributed by atoms with van der Waals surface area (Å²) in [4.78, 5) is 21.4. The summed E-state index contributed by atoms with van der Waals surface area (Å²) in [7, 11) is 0. The van der Waals surface area contributed by atoms with Crippen LogP contribution < -0.4 is 5.32 Å². The Bertz CT molecular complexity index is 866. The van der Waals surface area contributed by atoms with Crippen LogP contribution in [0, 0.1) is 0 Å². The Labute approximate surface area is 157 Å². The van der Waals surface area contributed by atoms with Gasteiger partial charge in [-0.3, -0.25) is 4.79 Å². The lowest BCUT2D eigenvalue weighted by molar-refractivity contribution is -0.116. The molecule has 0 saturated heterocycles. The van der Waals surface area contributed by atoms with Gasteiger partial charge >= 0.3 is 0 Å². The minimum atomic E-state index is 0.0323. The van der Waals surface area contributed by atoms with Gasteiger partial charge in [-0.05, 0) is 37.1 Å². The van der Waals surface area contributed by atoms with Gasteiger partial charge in [-0.1, -0.05) is 37.1 Å². The van der Waals surface area contributed by atoms with Gasteiger partial charge in [0.25, 0.3) is 0 Å². The third-order valence-corrected chi connectivity index (χ3v) is 6.20. The second-order valence-electron chi connectivity index (χ2n) is 6.77. The minimum Gasteiger partial charge on any atom is -0.342 e. The number of benzene rings is 2. The van der Waals surface area contributed by atoms with E-state index in [1.807, 2.05) is 54.2 Å². The van der Waals surface area contributed by atoms with E-state index in [0.29, 0.717) is 18.1 Å². The average Bonchev–Trinajstić information content (AvgIpc) is 3.30. The number of hydrogen-bond acceptors (Lipinski definition) is 3. The van der Waals surface area contributed by atoms with Gasteiger partial charge in [0.2, 0.25) is 5.91 Å². The van der Waals surface area contributed by atoms with Crippen LogP contribution in [0.3, 0.4) is 0 Å². The molecule has 1 saturated carbocycles. The number of anilines is 1. The van der Waals surface area contributed by atoms with E-state index in [1.165, 1.54) is 30.6 Å². The van der Waals surface area contributed by atoms with Gasteiger partial charge in [0.15, 0.2) is 0 Å². The van der Waals surface area contributed by atoms with Crippen LogP contribution in [-0.2, 0) is 11.2 Å². The van der Waals surface area contributed by atoms with Crippen LogP contribution in [0.15, 0.2) is 53.4 Å². The zero-order valence-corrected chi connectivity index (χ0v) is 15.5. The number of aromatic amines is 1. The molecule has 1 amide bonds. The number of aromatic nitrogens is 2. The molecule has 0 atom stereocenters. The van der Waals surface area contributed by atoms with Gasteiger partial charge < -0.3 is 10.3 Å². The standard InChI is InChI=1S/C21H23N3OS/c25-21(14-13-20-22-16-9-3-4-10-17(16)23-20)24-18-11-5-6-12-19(18)26-15-7-1-2-8-15/h3-6,9-12,15H,1-2,7-8,13-14H2,(H,22,23)(H,24,25). The van der Waals surface area contributed by atoms with Crippen LogP contribution in [0.4, 0.5) is 5.69 Å². The number of carbonyl (C=O) groups excluding carboxylic acids is 1. The van der Waals surface area contributed by atoms with Crippen molar-refractivity contribution in [1.29, 1.82) is 0 Å². The van der Waals surface area contributed by atoms with Crippen molar-refractivity contribution in [2.24, 2.45) is 0 Å². The molecule has 1 aliphatic rings. The molecule has 1 aliphatic carbocycles. The molecule has 5 heteroatoms. The van der Waals surface area contributed by atoms with Gasteiger partial charge in [-0.25, -0.2) is 4.98 Å². The number of aryl methyl sites for hydroxylation is 1. The largest absolute Gasteiger partial charge is 0.342 e. The number of nitrogens with one attached hydrogen (secondary N) is 2. The lowest BCUT2D eigenvalue weighted by Gasteiger charge is -2.14. The molecule has 0 radical (unpaired) electrons. The maximum absolute atomic E-state index is 12.4. The molecule has 134 valence electrons. The Morgan fingerprint density at radius 2 is 1.88 bits per heavy atom. The number of carbonyl (C=O) groups is 1. The third-order valence-electron chi connectivity index (χ3n) is 4.78. The van der Waals surface area contributed by atoms with Gasteiger partial charge in [-0.2, -0.15) is 0 Å². The number of thioether (sulfide) groups is 1. The number of fused-ring (bicyclic) bond motifs is 1. The molecule has 26 heavy (non-hydrogen) atoms. The summed E-state index contributed by atoms with van der Waals surface area (Å²) in [6.07, 6.45) is 6.23. The summed E-state index contributed by atoms with van der Waals surface area (Å²) >= 11 is 1.90. The highest BCUT2D eigenvalue weighted by atomic mass is 32.2. The molecule has 1 fully saturated rings. The maximum atomic E-state index is 12.4. The van der Waals surface area contributed by atoms with Crippen LogP contribution in [0.25, 0.3) is 11.0 Å². The first-order valence-corrected chi connectivity index (χ1v) is 10.1. The molecule has 3 aromatic rings. The van der Waals surface area contributed by atoms with Crippen LogP contribution in [0.5, 0.6) is 0 Å². The predicted octanol–water partition coefficient (Wildman–Crippen LogP) is 5.17.